The van der Waals surface area contributed by atoms with Gasteiger partial charge in [-0.2, -0.15) is 0 Å². The molecule has 2 heteroatoms. The fraction of sp³-hybridized carbons (Fsp3) is 0.733. The van der Waals surface area contributed by atoms with E-state index in [1.165, 1.54) is 63.9 Å². The first-order valence-electron chi connectivity index (χ1n) is 7.02. The third-order valence-electron chi connectivity index (χ3n) is 2.86. The quantitative estimate of drug-likeness (QED) is 0.287. The monoisotopic (exact) mass is 240 g/mol. The second-order valence-corrected chi connectivity index (χ2v) is 4.57. The van der Waals surface area contributed by atoms with Crippen LogP contribution in [0.15, 0.2) is 24.2 Å². The van der Waals surface area contributed by atoms with Gasteiger partial charge in [-0.05, 0) is 12.8 Å². The Hall–Kier alpha value is -0.920. The number of rotatable bonds is 11. The van der Waals surface area contributed by atoms with Gasteiger partial charge in [0, 0.05) is 6.08 Å². The van der Waals surface area contributed by atoms with Crippen LogP contribution < -0.4 is 0 Å². The van der Waals surface area contributed by atoms with Gasteiger partial charge >= 0.3 is 0 Å². The number of aliphatic hydroxyl groups is 2. The van der Waals surface area contributed by atoms with E-state index in [1.807, 2.05) is 6.08 Å². The highest BCUT2D eigenvalue weighted by atomic mass is 16.5. The molecule has 17 heavy (non-hydrogen) atoms. The summed E-state index contributed by atoms with van der Waals surface area (Å²) >= 11 is 0. The molecule has 0 unspecified atom stereocenters. The Kier molecular flexibility index (Phi) is 12.4. The number of allylic oxidation sites excluding steroid dienone is 3. The van der Waals surface area contributed by atoms with Crippen molar-refractivity contribution in [1.82, 2.24) is 0 Å². The molecular formula is C15H28O2. The van der Waals surface area contributed by atoms with Gasteiger partial charge in [0.15, 0.2) is 0 Å². The summed E-state index contributed by atoms with van der Waals surface area (Å²) in [6.45, 7) is 2.25. The van der Waals surface area contributed by atoms with Gasteiger partial charge in [-0.25, -0.2) is 0 Å². The molecule has 0 aromatic carbocycles. The molecular weight excluding hydrogens is 212 g/mol. The highest BCUT2D eigenvalue weighted by molar-refractivity contribution is 5.01. The molecule has 0 bridgehead atoms. The molecule has 0 radical (unpaired) electrons. The van der Waals surface area contributed by atoms with E-state index in [1.54, 1.807) is 6.08 Å². The molecule has 0 atom stereocenters. The summed E-state index contributed by atoms with van der Waals surface area (Å²) in [6.07, 6.45) is 18.1. The van der Waals surface area contributed by atoms with Crippen LogP contribution in [0.3, 0.4) is 0 Å². The highest BCUT2D eigenvalue weighted by Gasteiger charge is 1.90. The van der Waals surface area contributed by atoms with E-state index < -0.39 is 5.95 Å². The van der Waals surface area contributed by atoms with E-state index in [-0.39, 0.29) is 0 Å². The van der Waals surface area contributed by atoms with Gasteiger partial charge in [-0.15, -0.1) is 0 Å². The van der Waals surface area contributed by atoms with Crippen LogP contribution in [0.5, 0.6) is 0 Å². The number of hydrogen-bond acceptors (Lipinski definition) is 2. The zero-order chi connectivity index (χ0) is 12.8. The normalized spacial score (nSPS) is 10.9. The average Bonchev–Trinajstić information content (AvgIpc) is 2.30. The second kappa shape index (κ2) is 13.1. The van der Waals surface area contributed by atoms with Crippen LogP contribution in [-0.4, -0.2) is 10.2 Å². The summed E-state index contributed by atoms with van der Waals surface area (Å²) in [5, 5.41) is 17.0. The van der Waals surface area contributed by atoms with Crippen LogP contribution in [-0.2, 0) is 0 Å². The Balaban J connectivity index is 3.08. The Labute approximate surface area is 106 Å². The summed E-state index contributed by atoms with van der Waals surface area (Å²) in [5.41, 5.74) is 0. The molecule has 0 aromatic heterocycles. The van der Waals surface area contributed by atoms with Crippen LogP contribution in [0.2, 0.25) is 0 Å². The lowest BCUT2D eigenvalue weighted by atomic mass is 10.1. The molecule has 0 saturated carbocycles. The van der Waals surface area contributed by atoms with Crippen LogP contribution in [0.1, 0.15) is 71.1 Å². The number of unbranched alkanes of at least 4 members (excludes halogenated alkanes) is 9. The summed E-state index contributed by atoms with van der Waals surface area (Å²) in [7, 11) is 0. The molecule has 2 nitrogen and oxygen atoms in total. The Morgan fingerprint density at radius 2 is 1.35 bits per heavy atom. The first-order chi connectivity index (χ1) is 8.27. The van der Waals surface area contributed by atoms with Crippen molar-refractivity contribution >= 4 is 0 Å². The minimum absolute atomic E-state index is 0.617. The Morgan fingerprint density at radius 1 is 0.824 bits per heavy atom. The fourth-order valence-corrected chi connectivity index (χ4v) is 1.82. The molecule has 0 fully saturated rings. The van der Waals surface area contributed by atoms with Gasteiger partial charge in [0.2, 0.25) is 0 Å². The highest BCUT2D eigenvalue weighted by Crippen LogP contribution is 2.10. The molecule has 0 aliphatic heterocycles. The summed E-state index contributed by atoms with van der Waals surface area (Å²) in [6, 6.07) is 0. The van der Waals surface area contributed by atoms with Crippen molar-refractivity contribution in [2.24, 2.45) is 0 Å². The third-order valence-corrected chi connectivity index (χ3v) is 2.86. The molecule has 0 amide bonds. The van der Waals surface area contributed by atoms with E-state index in [0.717, 1.165) is 6.42 Å². The van der Waals surface area contributed by atoms with Gasteiger partial charge in [0.05, 0.1) is 0 Å². The lowest BCUT2D eigenvalue weighted by Gasteiger charge is -2.00. The minimum Gasteiger partial charge on any atom is -0.481 e. The smallest absolute Gasteiger partial charge is 0.274 e. The zero-order valence-corrected chi connectivity index (χ0v) is 11.2. The number of aliphatic hydroxyl groups excluding tert-OH is 1. The first kappa shape index (κ1) is 16.1. The molecule has 0 aliphatic rings. The van der Waals surface area contributed by atoms with Gasteiger partial charge < -0.3 is 10.2 Å². The minimum atomic E-state index is -0.617. The molecule has 0 spiro atoms. The molecule has 0 rings (SSSR count). The van der Waals surface area contributed by atoms with Crippen LogP contribution in [0.25, 0.3) is 0 Å². The molecule has 100 valence electrons. The lowest BCUT2D eigenvalue weighted by molar-refractivity contribution is 0.191. The molecule has 2 N–H and O–H groups in total. The van der Waals surface area contributed by atoms with Crippen molar-refractivity contribution in [1.29, 1.82) is 0 Å². The van der Waals surface area contributed by atoms with E-state index in [2.05, 4.69) is 6.92 Å². The SMILES string of the molecule is CCCCCCCCCCCC=CC=C(O)O. The maximum Gasteiger partial charge on any atom is 0.274 e. The van der Waals surface area contributed by atoms with E-state index in [0.29, 0.717) is 0 Å². The summed E-state index contributed by atoms with van der Waals surface area (Å²) < 4.78 is 0. The molecule has 0 aliphatic carbocycles. The van der Waals surface area contributed by atoms with Crippen molar-refractivity contribution in [3.05, 3.63) is 24.2 Å². The zero-order valence-electron chi connectivity index (χ0n) is 11.2. The Morgan fingerprint density at radius 3 is 1.88 bits per heavy atom. The lowest BCUT2D eigenvalue weighted by Crippen LogP contribution is -1.80. The van der Waals surface area contributed by atoms with Gasteiger partial charge in [0.25, 0.3) is 5.95 Å². The molecule has 0 heterocycles. The van der Waals surface area contributed by atoms with E-state index in [4.69, 9.17) is 10.2 Å². The fourth-order valence-electron chi connectivity index (χ4n) is 1.82. The van der Waals surface area contributed by atoms with Crippen LogP contribution in [0, 0.1) is 0 Å². The molecule has 0 aromatic rings. The van der Waals surface area contributed by atoms with Gasteiger partial charge in [0.1, 0.15) is 0 Å². The summed E-state index contributed by atoms with van der Waals surface area (Å²) in [4.78, 5) is 0. The van der Waals surface area contributed by atoms with Gasteiger partial charge in [-0.1, -0.05) is 70.4 Å². The predicted molar refractivity (Wildman–Crippen MR) is 74.3 cm³/mol. The average molecular weight is 240 g/mol. The van der Waals surface area contributed by atoms with Crippen molar-refractivity contribution < 1.29 is 10.2 Å². The largest absolute Gasteiger partial charge is 0.481 e. The summed E-state index contributed by atoms with van der Waals surface area (Å²) in [5.74, 6) is -0.617. The van der Waals surface area contributed by atoms with Gasteiger partial charge in [-0.3, -0.25) is 0 Å². The maximum absolute atomic E-state index is 8.48. The van der Waals surface area contributed by atoms with Crippen molar-refractivity contribution in [2.45, 2.75) is 71.1 Å². The Bertz CT molecular complexity index is 203. The third kappa shape index (κ3) is 15.1. The van der Waals surface area contributed by atoms with Crippen molar-refractivity contribution in [2.75, 3.05) is 0 Å². The number of hydrogen-bond donors (Lipinski definition) is 2. The maximum atomic E-state index is 8.48. The molecule has 0 saturated heterocycles. The van der Waals surface area contributed by atoms with Crippen LogP contribution >= 0.6 is 0 Å². The predicted octanol–water partition coefficient (Wildman–Crippen LogP) is 5.42. The first-order valence-corrected chi connectivity index (χ1v) is 7.02. The van der Waals surface area contributed by atoms with Crippen molar-refractivity contribution in [3.63, 3.8) is 0 Å². The van der Waals surface area contributed by atoms with Crippen LogP contribution in [0.4, 0.5) is 0 Å². The second-order valence-electron chi connectivity index (χ2n) is 4.57. The van der Waals surface area contributed by atoms with Crippen molar-refractivity contribution in [3.8, 4) is 0 Å². The topological polar surface area (TPSA) is 40.5 Å². The van der Waals surface area contributed by atoms with E-state index in [9.17, 15) is 0 Å². The standard InChI is InChI=1S/C15H28O2/c1-2-3-4-5-6-7-8-9-10-11-12-13-14-15(16)17/h12-14,16-17H,2-11H2,1H3. The van der Waals surface area contributed by atoms with E-state index >= 15 is 0 Å².